The minimum Gasteiger partial charge on any atom is -0.494 e. The SMILES string of the molecule is CCCOc1ccc(/C=N/Nc2ccc(Cl)cc2)cc1. The highest BCUT2D eigenvalue weighted by Gasteiger charge is 1.93. The molecule has 4 heteroatoms. The summed E-state index contributed by atoms with van der Waals surface area (Å²) in [6.45, 7) is 2.83. The highest BCUT2D eigenvalue weighted by Crippen LogP contribution is 2.14. The lowest BCUT2D eigenvalue weighted by Gasteiger charge is -2.04. The minimum atomic E-state index is 0.710. The lowest BCUT2D eigenvalue weighted by molar-refractivity contribution is 0.317. The van der Waals surface area contributed by atoms with E-state index >= 15 is 0 Å². The van der Waals surface area contributed by atoms with Crippen molar-refractivity contribution >= 4 is 23.5 Å². The molecule has 2 rings (SSSR count). The van der Waals surface area contributed by atoms with Crippen LogP contribution in [0.1, 0.15) is 18.9 Å². The van der Waals surface area contributed by atoms with Gasteiger partial charge in [-0.2, -0.15) is 5.10 Å². The Morgan fingerprint density at radius 1 is 1.10 bits per heavy atom. The minimum absolute atomic E-state index is 0.710. The van der Waals surface area contributed by atoms with Crippen molar-refractivity contribution in [3.8, 4) is 5.75 Å². The topological polar surface area (TPSA) is 33.6 Å². The van der Waals surface area contributed by atoms with E-state index in [9.17, 15) is 0 Å². The predicted octanol–water partition coefficient (Wildman–Crippen LogP) is 4.57. The van der Waals surface area contributed by atoms with Gasteiger partial charge in [0.15, 0.2) is 0 Å². The first kappa shape index (κ1) is 14.4. The molecule has 0 aliphatic rings. The summed E-state index contributed by atoms with van der Waals surface area (Å²) in [7, 11) is 0. The second kappa shape index (κ2) is 7.56. The fourth-order valence-electron chi connectivity index (χ4n) is 1.58. The van der Waals surface area contributed by atoms with Crippen LogP contribution in [0.3, 0.4) is 0 Å². The summed E-state index contributed by atoms with van der Waals surface area (Å²) < 4.78 is 5.52. The van der Waals surface area contributed by atoms with Gasteiger partial charge in [0.1, 0.15) is 5.75 Å². The number of hydrogen-bond acceptors (Lipinski definition) is 3. The van der Waals surface area contributed by atoms with Gasteiger partial charge in [0.05, 0.1) is 18.5 Å². The van der Waals surface area contributed by atoms with Crippen molar-refractivity contribution in [1.29, 1.82) is 0 Å². The van der Waals surface area contributed by atoms with Crippen molar-refractivity contribution in [2.45, 2.75) is 13.3 Å². The molecule has 1 N–H and O–H groups in total. The molecule has 2 aromatic rings. The summed E-state index contributed by atoms with van der Waals surface area (Å²) in [6, 6.07) is 15.2. The zero-order valence-electron chi connectivity index (χ0n) is 11.3. The van der Waals surface area contributed by atoms with Gasteiger partial charge in [-0.25, -0.2) is 0 Å². The number of hydrogen-bond donors (Lipinski definition) is 1. The van der Waals surface area contributed by atoms with Gasteiger partial charge < -0.3 is 4.74 Å². The molecule has 0 bridgehead atoms. The summed E-state index contributed by atoms with van der Waals surface area (Å²) >= 11 is 5.81. The number of anilines is 1. The van der Waals surface area contributed by atoms with Crippen molar-refractivity contribution in [3.63, 3.8) is 0 Å². The van der Waals surface area contributed by atoms with Crippen molar-refractivity contribution < 1.29 is 4.74 Å². The van der Waals surface area contributed by atoms with Crippen LogP contribution in [0.2, 0.25) is 5.02 Å². The molecule has 0 aliphatic carbocycles. The largest absolute Gasteiger partial charge is 0.494 e. The fraction of sp³-hybridized carbons (Fsp3) is 0.188. The normalized spacial score (nSPS) is 10.7. The fourth-order valence-corrected chi connectivity index (χ4v) is 1.70. The first-order valence-electron chi connectivity index (χ1n) is 6.55. The molecule has 2 aromatic carbocycles. The van der Waals surface area contributed by atoms with Crippen LogP contribution in [0, 0.1) is 0 Å². The number of hydrazone groups is 1. The molecular weight excluding hydrogens is 272 g/mol. The van der Waals surface area contributed by atoms with E-state index in [1.165, 1.54) is 0 Å². The Morgan fingerprint density at radius 3 is 2.45 bits per heavy atom. The van der Waals surface area contributed by atoms with Gasteiger partial charge in [-0.1, -0.05) is 18.5 Å². The van der Waals surface area contributed by atoms with Crippen LogP contribution in [0.5, 0.6) is 5.75 Å². The monoisotopic (exact) mass is 288 g/mol. The second-order valence-corrected chi connectivity index (χ2v) is 4.73. The van der Waals surface area contributed by atoms with E-state index in [1.54, 1.807) is 6.21 Å². The first-order chi connectivity index (χ1) is 9.78. The average molecular weight is 289 g/mol. The molecule has 0 atom stereocenters. The van der Waals surface area contributed by atoms with E-state index in [4.69, 9.17) is 16.3 Å². The van der Waals surface area contributed by atoms with Crippen molar-refractivity contribution in [2.75, 3.05) is 12.0 Å². The second-order valence-electron chi connectivity index (χ2n) is 4.29. The third-order valence-electron chi connectivity index (χ3n) is 2.60. The molecule has 0 aromatic heterocycles. The predicted molar refractivity (Wildman–Crippen MR) is 84.9 cm³/mol. The Kier molecular flexibility index (Phi) is 5.44. The molecule has 0 radical (unpaired) electrons. The van der Waals surface area contributed by atoms with Crippen molar-refractivity contribution in [2.24, 2.45) is 5.10 Å². The van der Waals surface area contributed by atoms with Gasteiger partial charge in [0.2, 0.25) is 0 Å². The lowest BCUT2D eigenvalue weighted by Crippen LogP contribution is -1.95. The van der Waals surface area contributed by atoms with Crippen LogP contribution in [-0.4, -0.2) is 12.8 Å². The Balaban J connectivity index is 1.89. The van der Waals surface area contributed by atoms with E-state index in [1.807, 2.05) is 48.5 Å². The van der Waals surface area contributed by atoms with Crippen LogP contribution in [0.4, 0.5) is 5.69 Å². The summed E-state index contributed by atoms with van der Waals surface area (Å²) in [5, 5.41) is 4.88. The summed E-state index contributed by atoms with van der Waals surface area (Å²) in [5.74, 6) is 0.884. The third kappa shape index (κ3) is 4.59. The van der Waals surface area contributed by atoms with Gasteiger partial charge in [-0.15, -0.1) is 0 Å². The first-order valence-corrected chi connectivity index (χ1v) is 6.93. The molecule has 0 aliphatic heterocycles. The number of ether oxygens (including phenoxy) is 1. The summed E-state index contributed by atoms with van der Waals surface area (Å²) in [5.41, 5.74) is 4.86. The quantitative estimate of drug-likeness (QED) is 0.624. The summed E-state index contributed by atoms with van der Waals surface area (Å²) in [4.78, 5) is 0. The Morgan fingerprint density at radius 2 is 1.80 bits per heavy atom. The van der Waals surface area contributed by atoms with Crippen LogP contribution >= 0.6 is 11.6 Å². The number of benzene rings is 2. The average Bonchev–Trinajstić information content (AvgIpc) is 2.48. The van der Waals surface area contributed by atoms with E-state index in [2.05, 4.69) is 17.5 Å². The molecule has 0 fully saturated rings. The Bertz CT molecular complexity index is 550. The molecule has 0 saturated carbocycles. The third-order valence-corrected chi connectivity index (χ3v) is 2.86. The number of rotatable bonds is 6. The Labute approximate surface area is 124 Å². The highest BCUT2D eigenvalue weighted by atomic mass is 35.5. The molecule has 3 nitrogen and oxygen atoms in total. The zero-order chi connectivity index (χ0) is 14.2. The zero-order valence-corrected chi connectivity index (χ0v) is 12.1. The number of nitrogens with one attached hydrogen (secondary N) is 1. The molecule has 0 heterocycles. The van der Waals surface area contributed by atoms with E-state index in [0.717, 1.165) is 30.0 Å². The van der Waals surface area contributed by atoms with Crippen LogP contribution < -0.4 is 10.2 Å². The van der Waals surface area contributed by atoms with Crippen molar-refractivity contribution in [1.82, 2.24) is 0 Å². The van der Waals surface area contributed by atoms with Crippen molar-refractivity contribution in [3.05, 3.63) is 59.1 Å². The maximum absolute atomic E-state index is 5.81. The molecule has 104 valence electrons. The van der Waals surface area contributed by atoms with E-state index in [-0.39, 0.29) is 0 Å². The van der Waals surface area contributed by atoms with Gasteiger partial charge in [0, 0.05) is 5.02 Å². The maximum Gasteiger partial charge on any atom is 0.119 e. The highest BCUT2D eigenvalue weighted by molar-refractivity contribution is 6.30. The molecule has 0 spiro atoms. The van der Waals surface area contributed by atoms with Gasteiger partial charge in [-0.05, 0) is 60.5 Å². The molecule has 0 saturated heterocycles. The molecule has 0 unspecified atom stereocenters. The molecule has 20 heavy (non-hydrogen) atoms. The maximum atomic E-state index is 5.81. The van der Waals surface area contributed by atoms with E-state index in [0.29, 0.717) is 5.02 Å². The van der Waals surface area contributed by atoms with Crippen LogP contribution in [-0.2, 0) is 0 Å². The van der Waals surface area contributed by atoms with Gasteiger partial charge in [-0.3, -0.25) is 5.43 Å². The van der Waals surface area contributed by atoms with E-state index < -0.39 is 0 Å². The van der Waals surface area contributed by atoms with Gasteiger partial charge >= 0.3 is 0 Å². The summed E-state index contributed by atoms with van der Waals surface area (Å²) in [6.07, 6.45) is 2.77. The smallest absolute Gasteiger partial charge is 0.119 e. The lowest BCUT2D eigenvalue weighted by atomic mass is 10.2. The molecular formula is C16H17ClN2O. The Hall–Kier alpha value is -2.00. The molecule has 0 amide bonds. The standard InChI is InChI=1S/C16H17ClN2O/c1-2-11-20-16-9-3-13(4-10-16)12-18-19-15-7-5-14(17)6-8-15/h3-10,12,19H,2,11H2,1H3/b18-12+. The van der Waals surface area contributed by atoms with Crippen LogP contribution in [0.25, 0.3) is 0 Å². The number of nitrogens with zero attached hydrogens (tertiary/aromatic N) is 1. The number of halogens is 1. The van der Waals surface area contributed by atoms with Crippen LogP contribution in [0.15, 0.2) is 53.6 Å². The van der Waals surface area contributed by atoms with Gasteiger partial charge in [0.25, 0.3) is 0 Å².